The van der Waals surface area contributed by atoms with E-state index in [0.717, 1.165) is 17.7 Å². The summed E-state index contributed by atoms with van der Waals surface area (Å²) in [7, 11) is 1.63. The molecular formula is C24H32FN3O3. The fraction of sp³-hybridized carbons (Fsp3) is 0.458. The van der Waals surface area contributed by atoms with Crippen molar-refractivity contribution >= 4 is 17.3 Å². The van der Waals surface area contributed by atoms with Crippen molar-refractivity contribution in [1.29, 1.82) is 0 Å². The van der Waals surface area contributed by atoms with Crippen molar-refractivity contribution in [3.8, 4) is 5.75 Å². The first-order valence-electron chi connectivity index (χ1n) is 10.7. The first kappa shape index (κ1) is 22.9. The number of halogens is 1. The summed E-state index contributed by atoms with van der Waals surface area (Å²) in [5, 5.41) is 6.00. The number of carbonyl (C=O) groups excluding carboxylic acids is 1. The van der Waals surface area contributed by atoms with Crippen LogP contribution in [0, 0.1) is 5.82 Å². The van der Waals surface area contributed by atoms with Crippen molar-refractivity contribution in [3.63, 3.8) is 0 Å². The second kappa shape index (κ2) is 10.5. The standard InChI is InChI=1S/C24H32FN3O3/c1-16-14-28(15-17(2)31-16)23-10-7-20(13-22(23)25)27-18(3)24(29)26-12-11-19-5-8-21(30-4)9-6-19/h5-10,13,16-18,27H,11-12,14-15H2,1-4H3,(H,26,29). The molecule has 1 saturated heterocycles. The van der Waals surface area contributed by atoms with Crippen molar-refractivity contribution in [1.82, 2.24) is 5.32 Å². The van der Waals surface area contributed by atoms with Crippen LogP contribution < -0.4 is 20.3 Å². The number of methoxy groups -OCH3 is 1. The average molecular weight is 430 g/mol. The van der Waals surface area contributed by atoms with E-state index in [1.165, 1.54) is 6.07 Å². The average Bonchev–Trinajstić information content (AvgIpc) is 2.73. The molecule has 2 aromatic carbocycles. The van der Waals surface area contributed by atoms with Crippen LogP contribution in [0.5, 0.6) is 5.75 Å². The van der Waals surface area contributed by atoms with Crippen LogP contribution in [0.3, 0.4) is 0 Å². The van der Waals surface area contributed by atoms with Crippen LogP contribution in [0.25, 0.3) is 0 Å². The van der Waals surface area contributed by atoms with Crippen molar-refractivity contribution in [2.45, 2.75) is 45.4 Å². The molecule has 7 heteroatoms. The Morgan fingerprint density at radius 1 is 1.19 bits per heavy atom. The SMILES string of the molecule is COc1ccc(CCNC(=O)C(C)Nc2ccc(N3CC(C)OC(C)C3)c(F)c2)cc1. The fourth-order valence-electron chi connectivity index (χ4n) is 3.82. The molecule has 0 saturated carbocycles. The lowest BCUT2D eigenvalue weighted by Crippen LogP contribution is -2.45. The second-order valence-corrected chi connectivity index (χ2v) is 8.08. The third-order valence-electron chi connectivity index (χ3n) is 5.36. The van der Waals surface area contributed by atoms with Gasteiger partial charge >= 0.3 is 0 Å². The lowest BCUT2D eigenvalue weighted by Gasteiger charge is -2.37. The Labute approximate surface area is 183 Å². The monoisotopic (exact) mass is 429 g/mol. The van der Waals surface area contributed by atoms with Crippen LogP contribution in [0.4, 0.5) is 15.8 Å². The molecule has 1 amide bonds. The molecule has 2 N–H and O–H groups in total. The Bertz CT molecular complexity index is 865. The van der Waals surface area contributed by atoms with E-state index in [9.17, 15) is 9.18 Å². The molecule has 3 atom stereocenters. The van der Waals surface area contributed by atoms with Crippen molar-refractivity contribution in [2.24, 2.45) is 0 Å². The summed E-state index contributed by atoms with van der Waals surface area (Å²) in [6.07, 6.45) is 0.840. The minimum Gasteiger partial charge on any atom is -0.497 e. The molecule has 3 unspecified atom stereocenters. The summed E-state index contributed by atoms with van der Waals surface area (Å²) in [6, 6.07) is 12.3. The van der Waals surface area contributed by atoms with E-state index in [2.05, 4.69) is 10.6 Å². The van der Waals surface area contributed by atoms with Gasteiger partial charge in [0.1, 0.15) is 17.6 Å². The van der Waals surface area contributed by atoms with Gasteiger partial charge in [-0.05, 0) is 63.1 Å². The van der Waals surface area contributed by atoms with Gasteiger partial charge in [0.15, 0.2) is 0 Å². The molecule has 1 aliphatic rings. The Balaban J connectivity index is 1.50. The zero-order valence-corrected chi connectivity index (χ0v) is 18.7. The van der Waals surface area contributed by atoms with E-state index in [1.54, 1.807) is 20.1 Å². The smallest absolute Gasteiger partial charge is 0.242 e. The Hall–Kier alpha value is -2.80. The van der Waals surface area contributed by atoms with E-state index in [-0.39, 0.29) is 23.9 Å². The molecule has 1 fully saturated rings. The van der Waals surface area contributed by atoms with Crippen molar-refractivity contribution in [2.75, 3.05) is 37.0 Å². The van der Waals surface area contributed by atoms with Gasteiger partial charge < -0.3 is 25.0 Å². The maximum atomic E-state index is 14.8. The molecule has 0 radical (unpaired) electrons. The number of carbonyl (C=O) groups is 1. The number of hydrogen-bond donors (Lipinski definition) is 2. The van der Waals surface area contributed by atoms with Crippen LogP contribution >= 0.6 is 0 Å². The Morgan fingerprint density at radius 3 is 2.48 bits per heavy atom. The highest BCUT2D eigenvalue weighted by atomic mass is 19.1. The van der Waals surface area contributed by atoms with E-state index >= 15 is 0 Å². The number of nitrogens with zero attached hydrogens (tertiary/aromatic N) is 1. The Kier molecular flexibility index (Phi) is 7.74. The van der Waals surface area contributed by atoms with Gasteiger partial charge in [-0.15, -0.1) is 0 Å². The lowest BCUT2D eigenvalue weighted by molar-refractivity contribution is -0.121. The number of morpholine rings is 1. The number of benzene rings is 2. The molecule has 0 aliphatic carbocycles. The molecule has 1 heterocycles. The summed E-state index contributed by atoms with van der Waals surface area (Å²) < 4.78 is 25.6. The highest BCUT2D eigenvalue weighted by molar-refractivity contribution is 5.84. The topological polar surface area (TPSA) is 62.8 Å². The van der Waals surface area contributed by atoms with Gasteiger partial charge in [-0.25, -0.2) is 4.39 Å². The summed E-state index contributed by atoms with van der Waals surface area (Å²) in [5.41, 5.74) is 2.25. The molecule has 1 aliphatic heterocycles. The minimum absolute atomic E-state index is 0.0579. The highest BCUT2D eigenvalue weighted by Crippen LogP contribution is 2.26. The molecule has 168 valence electrons. The molecule has 31 heavy (non-hydrogen) atoms. The van der Waals surface area contributed by atoms with E-state index in [0.29, 0.717) is 31.0 Å². The number of amides is 1. The third-order valence-corrected chi connectivity index (χ3v) is 5.36. The van der Waals surface area contributed by atoms with Crippen LogP contribution in [0.1, 0.15) is 26.3 Å². The summed E-state index contributed by atoms with van der Waals surface area (Å²) >= 11 is 0. The fourth-order valence-corrected chi connectivity index (χ4v) is 3.82. The maximum absolute atomic E-state index is 14.8. The molecule has 6 nitrogen and oxygen atoms in total. The van der Waals surface area contributed by atoms with Gasteiger partial charge in [0, 0.05) is 25.3 Å². The van der Waals surface area contributed by atoms with E-state index in [4.69, 9.17) is 9.47 Å². The third kappa shape index (κ3) is 6.34. The number of nitrogens with one attached hydrogen (secondary N) is 2. The number of anilines is 2. The molecule has 3 rings (SSSR count). The van der Waals surface area contributed by atoms with E-state index in [1.807, 2.05) is 49.1 Å². The molecule has 2 aromatic rings. The maximum Gasteiger partial charge on any atom is 0.242 e. The molecule has 0 bridgehead atoms. The van der Waals surface area contributed by atoms with Gasteiger partial charge in [0.2, 0.25) is 5.91 Å². The largest absolute Gasteiger partial charge is 0.497 e. The van der Waals surface area contributed by atoms with Crippen molar-refractivity contribution in [3.05, 3.63) is 53.8 Å². The summed E-state index contributed by atoms with van der Waals surface area (Å²) in [6.45, 7) is 7.58. The van der Waals surface area contributed by atoms with Crippen LogP contribution in [0.2, 0.25) is 0 Å². The van der Waals surface area contributed by atoms with Gasteiger partial charge in [-0.3, -0.25) is 4.79 Å². The summed E-state index contributed by atoms with van der Waals surface area (Å²) in [4.78, 5) is 14.4. The molecule has 0 aromatic heterocycles. The zero-order chi connectivity index (χ0) is 22.4. The van der Waals surface area contributed by atoms with E-state index < -0.39 is 6.04 Å². The van der Waals surface area contributed by atoms with Gasteiger partial charge in [-0.2, -0.15) is 0 Å². The van der Waals surface area contributed by atoms with Crippen LogP contribution in [0.15, 0.2) is 42.5 Å². The minimum atomic E-state index is -0.482. The number of ether oxygens (including phenoxy) is 2. The first-order chi connectivity index (χ1) is 14.9. The zero-order valence-electron chi connectivity index (χ0n) is 18.7. The number of rotatable bonds is 8. The second-order valence-electron chi connectivity index (χ2n) is 8.08. The predicted molar refractivity (Wildman–Crippen MR) is 121 cm³/mol. The molecular weight excluding hydrogens is 397 g/mol. The van der Waals surface area contributed by atoms with Gasteiger partial charge in [-0.1, -0.05) is 12.1 Å². The lowest BCUT2D eigenvalue weighted by atomic mass is 10.1. The van der Waals surface area contributed by atoms with Crippen LogP contribution in [-0.4, -0.2) is 50.9 Å². The van der Waals surface area contributed by atoms with Gasteiger partial charge in [0.05, 0.1) is 25.0 Å². The van der Waals surface area contributed by atoms with Gasteiger partial charge in [0.25, 0.3) is 0 Å². The molecule has 0 spiro atoms. The number of hydrogen-bond acceptors (Lipinski definition) is 5. The van der Waals surface area contributed by atoms with Crippen molar-refractivity contribution < 1.29 is 18.7 Å². The summed E-state index contributed by atoms with van der Waals surface area (Å²) in [5.74, 6) is 0.369. The first-order valence-corrected chi connectivity index (χ1v) is 10.7. The van der Waals surface area contributed by atoms with Crippen LogP contribution in [-0.2, 0) is 16.0 Å². The normalized spacial score (nSPS) is 19.6. The Morgan fingerprint density at radius 2 is 1.87 bits per heavy atom. The quantitative estimate of drug-likeness (QED) is 0.671. The predicted octanol–water partition coefficient (Wildman–Crippen LogP) is 3.61. The highest BCUT2D eigenvalue weighted by Gasteiger charge is 2.24.